The van der Waals surface area contributed by atoms with Crippen molar-refractivity contribution in [1.82, 2.24) is 20.4 Å². The van der Waals surface area contributed by atoms with Crippen molar-refractivity contribution in [1.29, 1.82) is 0 Å². The fourth-order valence-electron chi connectivity index (χ4n) is 5.55. The molecule has 0 aliphatic carbocycles. The summed E-state index contributed by atoms with van der Waals surface area (Å²) in [6.45, 7) is 1.01. The molecule has 2 aromatic carbocycles. The van der Waals surface area contributed by atoms with E-state index in [0.717, 1.165) is 42.4 Å². The second-order valence-corrected chi connectivity index (χ2v) is 11.2. The molecule has 2 saturated heterocycles. The Morgan fingerprint density at radius 2 is 1.93 bits per heavy atom. The topological polar surface area (TPSA) is 129 Å². The maximum atomic E-state index is 13.7. The van der Waals surface area contributed by atoms with Gasteiger partial charge in [0.25, 0.3) is 5.91 Å². The number of esters is 1. The fourth-order valence-corrected chi connectivity index (χ4v) is 5.67. The number of cyclic esters (lactones) is 2. The molecule has 0 bridgehead atoms. The highest BCUT2D eigenvalue weighted by molar-refractivity contribution is 6.30. The average Bonchev–Trinajstić information content (AvgIpc) is 3.37. The van der Waals surface area contributed by atoms with Crippen LogP contribution in [0.2, 0.25) is 5.02 Å². The number of hydrogen-bond acceptors (Lipinski definition) is 7. The molecular weight excluding hydrogens is 548 g/mol. The van der Waals surface area contributed by atoms with Crippen LogP contribution < -0.4 is 16.1 Å². The first-order valence-electron chi connectivity index (χ1n) is 13.9. The Hall–Kier alpha value is -3.92. The summed E-state index contributed by atoms with van der Waals surface area (Å²) in [5.74, 6) is -0.629. The molecule has 41 heavy (non-hydrogen) atoms. The van der Waals surface area contributed by atoms with Crippen molar-refractivity contribution in [3.63, 3.8) is 0 Å². The third-order valence-electron chi connectivity index (χ3n) is 7.62. The number of carbonyl (C=O) groups is 3. The van der Waals surface area contributed by atoms with Crippen molar-refractivity contribution >= 4 is 40.5 Å². The molecule has 0 spiro atoms. The minimum absolute atomic E-state index is 0.0107. The van der Waals surface area contributed by atoms with E-state index >= 15 is 0 Å². The summed E-state index contributed by atoms with van der Waals surface area (Å²) >= 11 is 5.95. The summed E-state index contributed by atoms with van der Waals surface area (Å²) in [5.41, 5.74) is 2.84. The molecule has 3 heterocycles. The Kier molecular flexibility index (Phi) is 8.87. The first-order chi connectivity index (χ1) is 19.8. The Morgan fingerprint density at radius 3 is 2.66 bits per heavy atom. The first-order valence-corrected chi connectivity index (χ1v) is 14.3. The minimum atomic E-state index is -0.551. The van der Waals surface area contributed by atoms with Gasteiger partial charge < -0.3 is 20.1 Å². The molecule has 216 valence electrons. The van der Waals surface area contributed by atoms with Gasteiger partial charge in [-0.2, -0.15) is 5.10 Å². The maximum Gasteiger partial charge on any atom is 0.407 e. The van der Waals surface area contributed by atoms with Gasteiger partial charge in [0.15, 0.2) is 5.69 Å². The Labute approximate surface area is 242 Å². The van der Waals surface area contributed by atoms with Crippen molar-refractivity contribution in [2.75, 3.05) is 13.2 Å². The van der Waals surface area contributed by atoms with Crippen LogP contribution in [0.1, 0.15) is 59.3 Å². The van der Waals surface area contributed by atoms with Crippen LogP contribution in [0, 0.1) is 5.92 Å². The van der Waals surface area contributed by atoms with Crippen LogP contribution in [-0.2, 0) is 40.7 Å². The van der Waals surface area contributed by atoms with Gasteiger partial charge in [0.2, 0.25) is 5.43 Å². The van der Waals surface area contributed by atoms with Gasteiger partial charge in [-0.3, -0.25) is 19.1 Å². The standard InChI is InChI=1S/C30H33ClN4O6/c1-35-27-21(4-2-3-5-23-17-41-30(39)33-23)13-20(12-19-10-11-40-25(36)15-19)14-24(27)28(37)26(34-35)29(38)32-16-18-6-8-22(31)9-7-18/h6-9,13-14,19,23H,2-5,10-12,15-17H2,1H3,(H,32,38)(H,33,39)/t19?,23-/m1/s1. The molecule has 5 rings (SSSR count). The van der Waals surface area contributed by atoms with E-state index in [0.29, 0.717) is 48.4 Å². The van der Waals surface area contributed by atoms with E-state index in [9.17, 15) is 19.2 Å². The van der Waals surface area contributed by atoms with E-state index in [-0.39, 0.29) is 36.3 Å². The van der Waals surface area contributed by atoms with Crippen molar-refractivity contribution in [3.8, 4) is 0 Å². The van der Waals surface area contributed by atoms with E-state index in [4.69, 9.17) is 21.1 Å². The van der Waals surface area contributed by atoms with Gasteiger partial charge in [-0.1, -0.05) is 36.2 Å². The van der Waals surface area contributed by atoms with Crippen LogP contribution in [0.25, 0.3) is 10.9 Å². The first kappa shape index (κ1) is 28.6. The lowest BCUT2D eigenvalue weighted by molar-refractivity contribution is -0.149. The summed E-state index contributed by atoms with van der Waals surface area (Å²) < 4.78 is 11.7. The second kappa shape index (κ2) is 12.7. The molecule has 2 amide bonds. The number of alkyl carbamates (subject to hydrolysis) is 1. The van der Waals surface area contributed by atoms with Crippen molar-refractivity contribution < 1.29 is 23.9 Å². The number of aryl methyl sites for hydroxylation is 2. The zero-order chi connectivity index (χ0) is 28.9. The molecule has 1 aromatic heterocycles. The molecule has 0 radical (unpaired) electrons. The van der Waals surface area contributed by atoms with E-state index in [1.54, 1.807) is 23.9 Å². The Balaban J connectivity index is 1.40. The van der Waals surface area contributed by atoms with Crippen LogP contribution in [0.4, 0.5) is 4.79 Å². The number of carbonyl (C=O) groups excluding carboxylic acids is 3. The fraction of sp³-hybridized carbons (Fsp3) is 0.433. The molecule has 2 aliphatic rings. The van der Waals surface area contributed by atoms with Crippen LogP contribution in [0.3, 0.4) is 0 Å². The SMILES string of the molecule is Cn1nc(C(=O)NCc2ccc(Cl)cc2)c(=O)c2cc(CC3CCOC(=O)C3)cc(CCCC[C@@H]3COC(=O)N3)c21. The average molecular weight is 581 g/mol. The number of halogens is 1. The van der Waals surface area contributed by atoms with Gasteiger partial charge in [0.05, 0.1) is 23.6 Å². The number of benzene rings is 2. The lowest BCUT2D eigenvalue weighted by Gasteiger charge is -2.22. The van der Waals surface area contributed by atoms with Gasteiger partial charge in [0.1, 0.15) is 6.61 Å². The van der Waals surface area contributed by atoms with E-state index in [1.807, 2.05) is 18.2 Å². The summed E-state index contributed by atoms with van der Waals surface area (Å²) in [4.78, 5) is 49.9. The maximum absolute atomic E-state index is 13.7. The normalized spacial score (nSPS) is 18.6. The highest BCUT2D eigenvalue weighted by Gasteiger charge is 2.24. The number of ether oxygens (including phenoxy) is 2. The van der Waals surface area contributed by atoms with Crippen LogP contribution in [0.15, 0.2) is 41.2 Å². The number of nitrogens with one attached hydrogen (secondary N) is 2. The highest BCUT2D eigenvalue weighted by atomic mass is 35.5. The number of nitrogens with zero attached hydrogens (tertiary/aromatic N) is 2. The van der Waals surface area contributed by atoms with E-state index in [1.165, 1.54) is 0 Å². The zero-order valence-electron chi connectivity index (χ0n) is 22.9. The Morgan fingerprint density at radius 1 is 1.12 bits per heavy atom. The molecule has 10 nitrogen and oxygen atoms in total. The van der Waals surface area contributed by atoms with Crippen LogP contribution >= 0.6 is 11.6 Å². The predicted octanol–water partition coefficient (Wildman–Crippen LogP) is 3.83. The second-order valence-electron chi connectivity index (χ2n) is 10.7. The summed E-state index contributed by atoms with van der Waals surface area (Å²) in [7, 11) is 1.74. The molecule has 2 fully saturated rings. The van der Waals surface area contributed by atoms with Gasteiger partial charge >= 0.3 is 12.1 Å². The third kappa shape index (κ3) is 7.05. The third-order valence-corrected chi connectivity index (χ3v) is 7.87. The number of hydrogen-bond donors (Lipinski definition) is 2. The number of unbranched alkanes of at least 4 members (excludes halogenated alkanes) is 1. The number of rotatable bonds is 10. The Bertz CT molecular complexity index is 1520. The molecule has 0 saturated carbocycles. The van der Waals surface area contributed by atoms with Gasteiger partial charge in [-0.25, -0.2) is 4.79 Å². The van der Waals surface area contributed by atoms with Gasteiger partial charge in [-0.05, 0) is 72.9 Å². The van der Waals surface area contributed by atoms with E-state index < -0.39 is 11.3 Å². The predicted molar refractivity (Wildman–Crippen MR) is 153 cm³/mol. The largest absolute Gasteiger partial charge is 0.466 e. The van der Waals surface area contributed by atoms with Gasteiger partial charge in [-0.15, -0.1) is 0 Å². The molecule has 3 aromatic rings. The van der Waals surface area contributed by atoms with Crippen molar-refractivity contribution in [2.24, 2.45) is 13.0 Å². The molecule has 11 heteroatoms. The smallest absolute Gasteiger partial charge is 0.407 e. The summed E-state index contributed by atoms with van der Waals surface area (Å²) in [5, 5.41) is 11.0. The van der Waals surface area contributed by atoms with Crippen LogP contribution in [-0.4, -0.2) is 47.0 Å². The number of fused-ring (bicyclic) bond motifs is 1. The van der Waals surface area contributed by atoms with Crippen molar-refractivity contribution in [2.45, 2.75) is 57.5 Å². The molecule has 2 atom stereocenters. The number of aromatic nitrogens is 2. The summed E-state index contributed by atoms with van der Waals surface area (Å²) in [6.07, 6.45) is 4.54. The van der Waals surface area contributed by atoms with Gasteiger partial charge in [0, 0.05) is 25.0 Å². The molecular formula is C30H33ClN4O6. The van der Waals surface area contributed by atoms with E-state index in [2.05, 4.69) is 21.8 Å². The van der Waals surface area contributed by atoms with Crippen LogP contribution in [0.5, 0.6) is 0 Å². The molecule has 1 unspecified atom stereocenters. The molecule has 2 N–H and O–H groups in total. The van der Waals surface area contributed by atoms with Crippen molar-refractivity contribution in [3.05, 3.63) is 74.0 Å². The lowest BCUT2D eigenvalue weighted by atomic mass is 9.89. The monoisotopic (exact) mass is 580 g/mol. The zero-order valence-corrected chi connectivity index (χ0v) is 23.7. The summed E-state index contributed by atoms with van der Waals surface area (Å²) in [6, 6.07) is 11.0. The minimum Gasteiger partial charge on any atom is -0.466 e. The lowest BCUT2D eigenvalue weighted by Crippen LogP contribution is -2.31. The number of amides is 2. The highest BCUT2D eigenvalue weighted by Crippen LogP contribution is 2.26. The quantitative estimate of drug-likeness (QED) is 0.275. The molecule has 2 aliphatic heterocycles.